The lowest BCUT2D eigenvalue weighted by atomic mass is 9.93. The van der Waals surface area contributed by atoms with Gasteiger partial charge >= 0.3 is 0 Å². The van der Waals surface area contributed by atoms with E-state index in [1.807, 2.05) is 0 Å². The predicted octanol–water partition coefficient (Wildman–Crippen LogP) is 2.78. The molecule has 2 unspecified atom stereocenters. The first-order valence-corrected chi connectivity index (χ1v) is 7.28. The van der Waals surface area contributed by atoms with Crippen LogP contribution in [0.1, 0.15) is 58.3 Å². The van der Waals surface area contributed by atoms with Gasteiger partial charge in [0.15, 0.2) is 0 Å². The van der Waals surface area contributed by atoms with Crippen LogP contribution >= 0.6 is 0 Å². The molecule has 0 heterocycles. The Morgan fingerprint density at radius 2 is 1.75 bits per heavy atom. The molecular weight excluding hydrogens is 196 g/mol. The van der Waals surface area contributed by atoms with Crippen molar-refractivity contribution in [1.29, 1.82) is 0 Å². The molecule has 0 aliphatic heterocycles. The predicted molar refractivity (Wildman–Crippen MR) is 69.7 cm³/mol. The highest BCUT2D eigenvalue weighted by Gasteiger charge is 2.33. The molecule has 0 saturated heterocycles. The molecule has 0 bridgehead atoms. The van der Waals surface area contributed by atoms with Gasteiger partial charge in [-0.2, -0.15) is 0 Å². The summed E-state index contributed by atoms with van der Waals surface area (Å²) >= 11 is 0. The highest BCUT2D eigenvalue weighted by molar-refractivity contribution is 4.91. The quantitative estimate of drug-likeness (QED) is 0.790. The molecule has 0 aromatic rings. The Kier molecular flexibility index (Phi) is 4.66. The van der Waals surface area contributed by atoms with Gasteiger partial charge in [-0.3, -0.25) is 4.90 Å². The first-order valence-electron chi connectivity index (χ1n) is 7.28. The van der Waals surface area contributed by atoms with Crippen molar-refractivity contribution < 1.29 is 0 Å². The molecule has 0 radical (unpaired) electrons. The summed E-state index contributed by atoms with van der Waals surface area (Å²) < 4.78 is 0. The zero-order valence-electron chi connectivity index (χ0n) is 11.0. The fraction of sp³-hybridized carbons (Fsp3) is 1.00. The summed E-state index contributed by atoms with van der Waals surface area (Å²) in [5, 5.41) is 3.67. The van der Waals surface area contributed by atoms with Crippen LogP contribution in [0.5, 0.6) is 0 Å². The second-order valence-electron chi connectivity index (χ2n) is 5.62. The number of likely N-dealkylation sites (N-methyl/N-ethyl adjacent to an activating group) is 2. The minimum absolute atomic E-state index is 0.761. The molecule has 2 rings (SSSR count). The van der Waals surface area contributed by atoms with E-state index in [9.17, 15) is 0 Å². The van der Waals surface area contributed by atoms with Crippen molar-refractivity contribution in [2.75, 3.05) is 13.6 Å². The van der Waals surface area contributed by atoms with Crippen LogP contribution in [-0.2, 0) is 0 Å². The molecule has 0 amide bonds. The van der Waals surface area contributed by atoms with Crippen molar-refractivity contribution in [3.05, 3.63) is 0 Å². The van der Waals surface area contributed by atoms with Crippen molar-refractivity contribution in [3.63, 3.8) is 0 Å². The second-order valence-corrected chi connectivity index (χ2v) is 5.62. The Morgan fingerprint density at radius 1 is 1.00 bits per heavy atom. The lowest BCUT2D eigenvalue weighted by molar-refractivity contribution is 0.122. The molecule has 1 N–H and O–H groups in total. The van der Waals surface area contributed by atoms with E-state index in [0.29, 0.717) is 0 Å². The monoisotopic (exact) mass is 224 g/mol. The van der Waals surface area contributed by atoms with Gasteiger partial charge < -0.3 is 5.32 Å². The van der Waals surface area contributed by atoms with E-state index in [4.69, 9.17) is 0 Å². The zero-order chi connectivity index (χ0) is 11.4. The maximum absolute atomic E-state index is 3.67. The van der Waals surface area contributed by atoms with Gasteiger partial charge in [-0.25, -0.2) is 0 Å². The van der Waals surface area contributed by atoms with Gasteiger partial charge in [-0.05, 0) is 39.3 Å². The van der Waals surface area contributed by atoms with E-state index in [-0.39, 0.29) is 0 Å². The third-order valence-corrected chi connectivity index (χ3v) is 4.62. The maximum atomic E-state index is 3.67. The van der Waals surface area contributed by atoms with E-state index < -0.39 is 0 Å². The fourth-order valence-corrected chi connectivity index (χ4v) is 3.69. The van der Waals surface area contributed by atoms with Gasteiger partial charge in [-0.15, -0.1) is 0 Å². The number of nitrogens with zero attached hydrogens (tertiary/aromatic N) is 1. The molecule has 94 valence electrons. The molecule has 0 aromatic carbocycles. The van der Waals surface area contributed by atoms with Gasteiger partial charge in [0, 0.05) is 18.1 Å². The third-order valence-electron chi connectivity index (χ3n) is 4.62. The first-order chi connectivity index (χ1) is 7.83. The number of nitrogens with one attached hydrogen (secondary N) is 1. The maximum Gasteiger partial charge on any atom is 0.0249 e. The summed E-state index contributed by atoms with van der Waals surface area (Å²) in [5.41, 5.74) is 0. The average Bonchev–Trinajstić information content (AvgIpc) is 2.78. The highest BCUT2D eigenvalue weighted by atomic mass is 15.2. The average molecular weight is 224 g/mol. The summed E-state index contributed by atoms with van der Waals surface area (Å²) in [6, 6.07) is 2.44. The normalized spacial score (nSPS) is 32.4. The lowest BCUT2D eigenvalue weighted by Crippen LogP contribution is -2.49. The van der Waals surface area contributed by atoms with Crippen molar-refractivity contribution >= 4 is 0 Å². The molecule has 2 aliphatic carbocycles. The van der Waals surface area contributed by atoms with Gasteiger partial charge in [0.05, 0.1) is 0 Å². The molecule has 0 spiro atoms. The van der Waals surface area contributed by atoms with Crippen LogP contribution in [0, 0.1) is 0 Å². The van der Waals surface area contributed by atoms with Gasteiger partial charge in [0.25, 0.3) is 0 Å². The van der Waals surface area contributed by atoms with Crippen LogP contribution in [0.3, 0.4) is 0 Å². The summed E-state index contributed by atoms with van der Waals surface area (Å²) in [4.78, 5) is 2.71. The van der Waals surface area contributed by atoms with Crippen LogP contribution in [-0.4, -0.2) is 36.6 Å². The fourth-order valence-electron chi connectivity index (χ4n) is 3.69. The molecule has 2 heteroatoms. The van der Waals surface area contributed by atoms with Crippen LogP contribution in [0.15, 0.2) is 0 Å². The number of hydrogen-bond donors (Lipinski definition) is 1. The number of rotatable bonds is 4. The van der Waals surface area contributed by atoms with Crippen molar-refractivity contribution in [3.8, 4) is 0 Å². The van der Waals surface area contributed by atoms with Crippen LogP contribution in [0.4, 0.5) is 0 Å². The summed E-state index contributed by atoms with van der Waals surface area (Å²) in [6.45, 7) is 3.36. The minimum atomic E-state index is 0.761. The Bertz CT molecular complexity index is 199. The molecular formula is C14H28N2. The molecule has 2 aliphatic rings. The standard InChI is InChI=1S/C14H28N2/c1-3-15-13-10-7-11-14(13)16(2)12-8-5-4-6-9-12/h12-15H,3-11H2,1-2H3. The lowest BCUT2D eigenvalue weighted by Gasteiger charge is -2.38. The molecule has 0 aromatic heterocycles. The zero-order valence-corrected chi connectivity index (χ0v) is 11.0. The largest absolute Gasteiger partial charge is 0.313 e. The Morgan fingerprint density at radius 3 is 2.44 bits per heavy atom. The van der Waals surface area contributed by atoms with Gasteiger partial charge in [0.2, 0.25) is 0 Å². The topological polar surface area (TPSA) is 15.3 Å². The third kappa shape index (κ3) is 2.78. The Hall–Kier alpha value is -0.0800. The molecule has 16 heavy (non-hydrogen) atoms. The van der Waals surface area contributed by atoms with E-state index in [2.05, 4.69) is 24.2 Å². The van der Waals surface area contributed by atoms with Crippen LogP contribution in [0.25, 0.3) is 0 Å². The molecule has 2 saturated carbocycles. The van der Waals surface area contributed by atoms with Gasteiger partial charge in [0.1, 0.15) is 0 Å². The Balaban J connectivity index is 1.88. The van der Waals surface area contributed by atoms with E-state index in [1.54, 1.807) is 0 Å². The second kappa shape index (κ2) is 6.02. The van der Waals surface area contributed by atoms with Crippen molar-refractivity contribution in [2.24, 2.45) is 0 Å². The number of hydrogen-bond acceptors (Lipinski definition) is 2. The minimum Gasteiger partial charge on any atom is -0.313 e. The van der Waals surface area contributed by atoms with Crippen LogP contribution < -0.4 is 5.32 Å². The SMILES string of the molecule is CCNC1CCCC1N(C)C1CCCCC1. The van der Waals surface area contributed by atoms with Crippen LogP contribution in [0.2, 0.25) is 0 Å². The van der Waals surface area contributed by atoms with E-state index >= 15 is 0 Å². The van der Waals surface area contributed by atoms with Crippen molar-refractivity contribution in [2.45, 2.75) is 76.4 Å². The van der Waals surface area contributed by atoms with E-state index in [0.717, 1.165) is 24.7 Å². The van der Waals surface area contributed by atoms with E-state index in [1.165, 1.54) is 51.4 Å². The molecule has 2 atom stereocenters. The van der Waals surface area contributed by atoms with Crippen molar-refractivity contribution in [1.82, 2.24) is 10.2 Å². The smallest absolute Gasteiger partial charge is 0.0249 e. The summed E-state index contributed by atoms with van der Waals surface area (Å²) in [6.07, 6.45) is 11.4. The Labute approximate surface area is 101 Å². The first kappa shape index (κ1) is 12.4. The molecule has 2 fully saturated rings. The summed E-state index contributed by atoms with van der Waals surface area (Å²) in [5.74, 6) is 0. The van der Waals surface area contributed by atoms with Gasteiger partial charge in [-0.1, -0.05) is 32.6 Å². The highest BCUT2D eigenvalue weighted by Crippen LogP contribution is 2.29. The summed E-state index contributed by atoms with van der Waals surface area (Å²) in [7, 11) is 2.37. The molecule has 2 nitrogen and oxygen atoms in total.